The minimum Gasteiger partial charge on any atom is -0.497 e. The van der Waals surface area contributed by atoms with Gasteiger partial charge in [-0.15, -0.1) is 6.58 Å². The van der Waals surface area contributed by atoms with E-state index in [0.29, 0.717) is 12.7 Å². The topological polar surface area (TPSA) is 18.5 Å². The Morgan fingerprint density at radius 2 is 2.00 bits per heavy atom. The summed E-state index contributed by atoms with van der Waals surface area (Å²) < 4.78 is 10.9. The predicted octanol–water partition coefficient (Wildman–Crippen LogP) is 3.96. The molecule has 94 valence electrons. The van der Waals surface area contributed by atoms with E-state index in [2.05, 4.69) is 13.5 Å². The van der Waals surface area contributed by atoms with Crippen molar-refractivity contribution < 1.29 is 9.47 Å². The zero-order chi connectivity index (χ0) is 12.5. The van der Waals surface area contributed by atoms with Gasteiger partial charge in [-0.2, -0.15) is 0 Å². The van der Waals surface area contributed by atoms with E-state index in [0.717, 1.165) is 25.0 Å². The van der Waals surface area contributed by atoms with Gasteiger partial charge in [0.15, 0.2) is 0 Å². The molecule has 0 saturated carbocycles. The van der Waals surface area contributed by atoms with Crippen LogP contribution >= 0.6 is 0 Å². The summed E-state index contributed by atoms with van der Waals surface area (Å²) in [7, 11) is 1.67. The molecule has 0 aromatic heterocycles. The van der Waals surface area contributed by atoms with Crippen LogP contribution in [0.15, 0.2) is 36.9 Å². The lowest BCUT2D eigenvalue weighted by Gasteiger charge is -2.12. The van der Waals surface area contributed by atoms with E-state index in [1.165, 1.54) is 5.56 Å². The number of methoxy groups -OCH3 is 1. The van der Waals surface area contributed by atoms with E-state index in [9.17, 15) is 0 Å². The first kappa shape index (κ1) is 13.8. The maximum absolute atomic E-state index is 5.77. The van der Waals surface area contributed by atoms with Gasteiger partial charge < -0.3 is 9.47 Å². The number of rotatable bonds is 8. The molecule has 1 aromatic carbocycles. The first-order valence-electron chi connectivity index (χ1n) is 6.11. The predicted molar refractivity (Wildman–Crippen MR) is 71.3 cm³/mol. The Labute approximate surface area is 104 Å². The Hall–Kier alpha value is -1.28. The summed E-state index contributed by atoms with van der Waals surface area (Å²) >= 11 is 0. The molecule has 0 aliphatic carbocycles. The standard InChI is InChI=1S/C15H22O2/c1-4-5-6-7-13(2)17-12-14-8-10-15(16-3)11-9-14/h4,8-11,13H,1,5-7,12H2,2-3H3/t13-/m1/s1. The average molecular weight is 234 g/mol. The lowest BCUT2D eigenvalue weighted by molar-refractivity contribution is 0.0465. The van der Waals surface area contributed by atoms with Crippen molar-refractivity contribution in [3.8, 4) is 5.75 Å². The molecule has 1 rings (SSSR count). The van der Waals surface area contributed by atoms with Crippen molar-refractivity contribution in [3.05, 3.63) is 42.5 Å². The van der Waals surface area contributed by atoms with E-state index in [1.807, 2.05) is 30.3 Å². The summed E-state index contributed by atoms with van der Waals surface area (Å²) in [5.41, 5.74) is 1.18. The van der Waals surface area contributed by atoms with E-state index < -0.39 is 0 Å². The van der Waals surface area contributed by atoms with Crippen LogP contribution in [-0.4, -0.2) is 13.2 Å². The molecule has 0 bridgehead atoms. The Bertz CT molecular complexity index is 316. The second kappa shape index (κ2) is 7.91. The van der Waals surface area contributed by atoms with Gasteiger partial charge in [0, 0.05) is 0 Å². The lowest BCUT2D eigenvalue weighted by Crippen LogP contribution is -2.07. The molecular weight excluding hydrogens is 212 g/mol. The van der Waals surface area contributed by atoms with Gasteiger partial charge in [-0.3, -0.25) is 0 Å². The molecule has 0 spiro atoms. The molecule has 0 heterocycles. The zero-order valence-corrected chi connectivity index (χ0v) is 10.8. The van der Waals surface area contributed by atoms with Gasteiger partial charge in [0.05, 0.1) is 19.8 Å². The highest BCUT2D eigenvalue weighted by Gasteiger charge is 2.02. The highest BCUT2D eigenvalue weighted by molar-refractivity contribution is 5.26. The summed E-state index contributed by atoms with van der Waals surface area (Å²) in [6.45, 7) is 6.50. The summed E-state index contributed by atoms with van der Waals surface area (Å²) in [5.74, 6) is 0.882. The number of unbranched alkanes of at least 4 members (excludes halogenated alkanes) is 1. The molecule has 0 amide bonds. The van der Waals surface area contributed by atoms with Gasteiger partial charge in [-0.25, -0.2) is 0 Å². The van der Waals surface area contributed by atoms with Crippen LogP contribution < -0.4 is 4.74 Å². The van der Waals surface area contributed by atoms with E-state index in [-0.39, 0.29) is 0 Å². The van der Waals surface area contributed by atoms with E-state index in [4.69, 9.17) is 9.47 Å². The van der Waals surface area contributed by atoms with Crippen molar-refractivity contribution in [3.63, 3.8) is 0 Å². The zero-order valence-electron chi connectivity index (χ0n) is 10.8. The van der Waals surface area contributed by atoms with Crippen molar-refractivity contribution >= 4 is 0 Å². The number of hydrogen-bond donors (Lipinski definition) is 0. The molecule has 1 aromatic rings. The van der Waals surface area contributed by atoms with Gasteiger partial charge in [0.1, 0.15) is 5.75 Å². The molecule has 17 heavy (non-hydrogen) atoms. The Balaban J connectivity index is 2.26. The van der Waals surface area contributed by atoms with Crippen molar-refractivity contribution in [2.45, 2.75) is 38.9 Å². The minimum atomic E-state index is 0.303. The molecule has 0 unspecified atom stereocenters. The fourth-order valence-electron chi connectivity index (χ4n) is 1.59. The number of benzene rings is 1. The third kappa shape index (κ3) is 5.55. The van der Waals surface area contributed by atoms with Crippen molar-refractivity contribution in [1.29, 1.82) is 0 Å². The van der Waals surface area contributed by atoms with Crippen LogP contribution in [0.5, 0.6) is 5.75 Å². The normalized spacial score (nSPS) is 12.1. The molecule has 0 N–H and O–H groups in total. The van der Waals surface area contributed by atoms with Crippen molar-refractivity contribution in [2.24, 2.45) is 0 Å². The van der Waals surface area contributed by atoms with Gasteiger partial charge in [-0.1, -0.05) is 18.2 Å². The fourth-order valence-corrected chi connectivity index (χ4v) is 1.59. The summed E-state index contributed by atoms with van der Waals surface area (Å²) in [4.78, 5) is 0. The number of ether oxygens (including phenoxy) is 2. The Kier molecular flexibility index (Phi) is 6.41. The van der Waals surface area contributed by atoms with Crippen LogP contribution in [0.3, 0.4) is 0 Å². The molecule has 0 aliphatic rings. The molecule has 0 radical (unpaired) electrons. The quantitative estimate of drug-likeness (QED) is 0.501. The maximum Gasteiger partial charge on any atom is 0.118 e. The number of hydrogen-bond acceptors (Lipinski definition) is 2. The molecule has 0 fully saturated rings. The average Bonchev–Trinajstić information content (AvgIpc) is 2.37. The van der Waals surface area contributed by atoms with Crippen LogP contribution in [-0.2, 0) is 11.3 Å². The highest BCUT2D eigenvalue weighted by atomic mass is 16.5. The third-order valence-electron chi connectivity index (χ3n) is 2.71. The van der Waals surface area contributed by atoms with Crippen LogP contribution in [0.25, 0.3) is 0 Å². The first-order chi connectivity index (χ1) is 8.26. The second-order valence-electron chi connectivity index (χ2n) is 4.19. The van der Waals surface area contributed by atoms with Gasteiger partial charge >= 0.3 is 0 Å². The summed E-state index contributed by atoms with van der Waals surface area (Å²) in [6.07, 6.45) is 5.55. The fraction of sp³-hybridized carbons (Fsp3) is 0.467. The van der Waals surface area contributed by atoms with Crippen LogP contribution in [0, 0.1) is 0 Å². The third-order valence-corrected chi connectivity index (χ3v) is 2.71. The Morgan fingerprint density at radius 1 is 1.29 bits per heavy atom. The Morgan fingerprint density at radius 3 is 2.59 bits per heavy atom. The van der Waals surface area contributed by atoms with Gasteiger partial charge in [0.25, 0.3) is 0 Å². The smallest absolute Gasteiger partial charge is 0.118 e. The van der Waals surface area contributed by atoms with E-state index in [1.54, 1.807) is 7.11 Å². The molecule has 0 saturated heterocycles. The van der Waals surface area contributed by atoms with Gasteiger partial charge in [0.2, 0.25) is 0 Å². The van der Waals surface area contributed by atoms with Crippen molar-refractivity contribution in [2.75, 3.05) is 7.11 Å². The SMILES string of the molecule is C=CCCC[C@@H](C)OCc1ccc(OC)cc1. The van der Waals surface area contributed by atoms with Crippen LogP contribution in [0.2, 0.25) is 0 Å². The molecule has 0 aliphatic heterocycles. The van der Waals surface area contributed by atoms with Crippen LogP contribution in [0.4, 0.5) is 0 Å². The number of allylic oxidation sites excluding steroid dienone is 1. The minimum absolute atomic E-state index is 0.303. The lowest BCUT2D eigenvalue weighted by atomic mass is 10.1. The summed E-state index contributed by atoms with van der Waals surface area (Å²) in [6, 6.07) is 7.99. The summed E-state index contributed by atoms with van der Waals surface area (Å²) in [5, 5.41) is 0. The van der Waals surface area contributed by atoms with Gasteiger partial charge in [-0.05, 0) is 43.9 Å². The van der Waals surface area contributed by atoms with Crippen LogP contribution in [0.1, 0.15) is 31.7 Å². The van der Waals surface area contributed by atoms with Crippen molar-refractivity contribution in [1.82, 2.24) is 0 Å². The first-order valence-corrected chi connectivity index (χ1v) is 6.11. The highest BCUT2D eigenvalue weighted by Crippen LogP contribution is 2.13. The molecule has 2 heteroatoms. The molecule has 2 nitrogen and oxygen atoms in total. The monoisotopic (exact) mass is 234 g/mol. The second-order valence-corrected chi connectivity index (χ2v) is 4.19. The van der Waals surface area contributed by atoms with E-state index >= 15 is 0 Å². The maximum atomic E-state index is 5.77. The largest absolute Gasteiger partial charge is 0.497 e. The molecular formula is C15H22O2. The molecule has 1 atom stereocenters.